The summed E-state index contributed by atoms with van der Waals surface area (Å²) in [5, 5.41) is 7.06. The molecule has 0 bridgehead atoms. The summed E-state index contributed by atoms with van der Waals surface area (Å²) in [4.78, 5) is 9.37. The standard InChI is InChI=1S/C17H37N5.HI/c1-7-21(8-2)11-9-10-19-17(18-6)20-16-13-22(14(3)4)12-15(16)5;/h14-16H,7-13H2,1-6H3,(H2,18,19,20);1H. The summed E-state index contributed by atoms with van der Waals surface area (Å²) in [5.41, 5.74) is 0. The molecule has 0 amide bonds. The van der Waals surface area contributed by atoms with Crippen molar-refractivity contribution < 1.29 is 0 Å². The van der Waals surface area contributed by atoms with Gasteiger partial charge >= 0.3 is 0 Å². The number of rotatable bonds is 8. The van der Waals surface area contributed by atoms with Crippen LogP contribution >= 0.6 is 24.0 Å². The van der Waals surface area contributed by atoms with Crippen LogP contribution in [0.25, 0.3) is 0 Å². The molecule has 1 aliphatic rings. The largest absolute Gasteiger partial charge is 0.356 e. The van der Waals surface area contributed by atoms with Crippen molar-refractivity contribution in [2.75, 3.05) is 46.3 Å². The van der Waals surface area contributed by atoms with Gasteiger partial charge in [0, 0.05) is 38.8 Å². The number of aliphatic imine (C=N–C) groups is 1. The lowest BCUT2D eigenvalue weighted by molar-refractivity contribution is 0.265. The molecular weight excluding hydrogens is 401 g/mol. The van der Waals surface area contributed by atoms with Crippen molar-refractivity contribution in [2.24, 2.45) is 10.9 Å². The van der Waals surface area contributed by atoms with Crippen molar-refractivity contribution >= 4 is 29.9 Å². The van der Waals surface area contributed by atoms with Crippen molar-refractivity contribution in [1.29, 1.82) is 0 Å². The maximum atomic E-state index is 4.38. The van der Waals surface area contributed by atoms with Crippen molar-refractivity contribution in [2.45, 2.75) is 53.1 Å². The summed E-state index contributed by atoms with van der Waals surface area (Å²) in [6.07, 6.45) is 1.15. The zero-order valence-corrected chi connectivity index (χ0v) is 18.3. The van der Waals surface area contributed by atoms with Crippen molar-refractivity contribution in [3.63, 3.8) is 0 Å². The second-order valence-electron chi connectivity index (χ2n) is 6.66. The van der Waals surface area contributed by atoms with E-state index in [4.69, 9.17) is 0 Å². The lowest BCUT2D eigenvalue weighted by atomic mass is 10.1. The third-order valence-electron chi connectivity index (χ3n) is 4.75. The lowest BCUT2D eigenvalue weighted by Crippen LogP contribution is -2.47. The Morgan fingerprint density at radius 2 is 1.91 bits per heavy atom. The minimum absolute atomic E-state index is 0. The molecule has 0 aliphatic carbocycles. The van der Waals surface area contributed by atoms with Crippen LogP contribution < -0.4 is 10.6 Å². The van der Waals surface area contributed by atoms with Crippen LogP contribution in [0.5, 0.6) is 0 Å². The Bertz CT molecular complexity index is 331. The van der Waals surface area contributed by atoms with Crippen LogP contribution in [0.2, 0.25) is 0 Å². The molecule has 0 radical (unpaired) electrons. The maximum absolute atomic E-state index is 4.38. The Morgan fingerprint density at radius 1 is 1.26 bits per heavy atom. The van der Waals surface area contributed by atoms with Crippen LogP contribution in [0.15, 0.2) is 4.99 Å². The number of hydrogen-bond acceptors (Lipinski definition) is 3. The molecule has 0 aromatic carbocycles. The summed E-state index contributed by atoms with van der Waals surface area (Å²) >= 11 is 0. The van der Waals surface area contributed by atoms with E-state index in [-0.39, 0.29) is 24.0 Å². The SMILES string of the molecule is CCN(CC)CCCNC(=NC)NC1CN(C(C)C)CC1C.I. The molecule has 1 aliphatic heterocycles. The fourth-order valence-electron chi connectivity index (χ4n) is 3.03. The second-order valence-corrected chi connectivity index (χ2v) is 6.66. The molecule has 1 heterocycles. The highest BCUT2D eigenvalue weighted by Gasteiger charge is 2.31. The van der Waals surface area contributed by atoms with Crippen LogP contribution in [0, 0.1) is 5.92 Å². The molecule has 23 heavy (non-hydrogen) atoms. The molecule has 0 saturated carbocycles. The molecule has 6 heteroatoms. The van der Waals surface area contributed by atoms with Gasteiger partial charge in [0.25, 0.3) is 0 Å². The van der Waals surface area contributed by atoms with E-state index in [2.05, 4.69) is 60.0 Å². The monoisotopic (exact) mass is 439 g/mol. The minimum Gasteiger partial charge on any atom is -0.356 e. The quantitative estimate of drug-likeness (QED) is 0.264. The predicted octanol–water partition coefficient (Wildman–Crippen LogP) is 2.23. The summed E-state index contributed by atoms with van der Waals surface area (Å²) in [7, 11) is 1.86. The summed E-state index contributed by atoms with van der Waals surface area (Å²) in [6, 6.07) is 1.12. The second kappa shape index (κ2) is 12.3. The van der Waals surface area contributed by atoms with Gasteiger partial charge in [0.05, 0.1) is 0 Å². The van der Waals surface area contributed by atoms with E-state index < -0.39 is 0 Å². The van der Waals surface area contributed by atoms with E-state index in [1.807, 2.05) is 7.05 Å². The van der Waals surface area contributed by atoms with Crippen LogP contribution in [0.4, 0.5) is 0 Å². The van der Waals surface area contributed by atoms with Crippen LogP contribution in [-0.2, 0) is 0 Å². The van der Waals surface area contributed by atoms with E-state index >= 15 is 0 Å². The molecule has 1 rings (SSSR count). The highest BCUT2D eigenvalue weighted by molar-refractivity contribution is 14.0. The zero-order chi connectivity index (χ0) is 16.5. The number of guanidine groups is 1. The van der Waals surface area contributed by atoms with Crippen LogP contribution in [0.3, 0.4) is 0 Å². The number of nitrogens with one attached hydrogen (secondary N) is 2. The average Bonchev–Trinajstić information content (AvgIpc) is 2.87. The van der Waals surface area contributed by atoms with E-state index in [0.29, 0.717) is 18.0 Å². The number of hydrogen-bond donors (Lipinski definition) is 2. The van der Waals surface area contributed by atoms with Gasteiger partial charge in [-0.1, -0.05) is 20.8 Å². The molecular formula is C17H38IN5. The molecule has 2 unspecified atom stereocenters. The fourth-order valence-corrected chi connectivity index (χ4v) is 3.03. The van der Waals surface area contributed by atoms with Gasteiger partial charge in [0.15, 0.2) is 5.96 Å². The van der Waals surface area contributed by atoms with E-state index in [1.165, 1.54) is 6.54 Å². The van der Waals surface area contributed by atoms with E-state index in [1.54, 1.807) is 0 Å². The van der Waals surface area contributed by atoms with Gasteiger partial charge in [-0.3, -0.25) is 9.89 Å². The minimum atomic E-state index is 0. The molecule has 1 saturated heterocycles. The molecule has 0 aromatic heterocycles. The Kier molecular flexibility index (Phi) is 12.3. The summed E-state index contributed by atoms with van der Waals surface area (Å²) in [6.45, 7) is 18.0. The van der Waals surface area contributed by atoms with Crippen LogP contribution in [0.1, 0.15) is 41.0 Å². The van der Waals surface area contributed by atoms with E-state index in [0.717, 1.165) is 45.1 Å². The zero-order valence-electron chi connectivity index (χ0n) is 15.9. The Morgan fingerprint density at radius 3 is 2.39 bits per heavy atom. The molecule has 0 aromatic rings. The fraction of sp³-hybridized carbons (Fsp3) is 0.941. The first-order valence-corrected chi connectivity index (χ1v) is 8.95. The maximum Gasteiger partial charge on any atom is 0.191 e. The highest BCUT2D eigenvalue weighted by Crippen LogP contribution is 2.18. The predicted molar refractivity (Wildman–Crippen MR) is 112 cm³/mol. The van der Waals surface area contributed by atoms with Gasteiger partial charge in [0.1, 0.15) is 0 Å². The lowest BCUT2D eigenvalue weighted by Gasteiger charge is -2.22. The Hall–Kier alpha value is -0.0800. The van der Waals surface area contributed by atoms with E-state index in [9.17, 15) is 0 Å². The first-order valence-electron chi connectivity index (χ1n) is 8.95. The molecule has 138 valence electrons. The molecule has 1 fully saturated rings. The smallest absolute Gasteiger partial charge is 0.191 e. The van der Waals surface area contributed by atoms with Crippen molar-refractivity contribution in [3.05, 3.63) is 0 Å². The Balaban J connectivity index is 0.00000484. The van der Waals surface area contributed by atoms with Gasteiger partial charge < -0.3 is 15.5 Å². The molecule has 2 atom stereocenters. The normalized spacial score (nSPS) is 22.5. The van der Waals surface area contributed by atoms with Gasteiger partial charge in [-0.2, -0.15) is 0 Å². The average molecular weight is 439 g/mol. The van der Waals surface area contributed by atoms with Gasteiger partial charge in [-0.25, -0.2) is 0 Å². The summed E-state index contributed by atoms with van der Waals surface area (Å²) in [5.74, 6) is 1.61. The molecule has 2 N–H and O–H groups in total. The summed E-state index contributed by atoms with van der Waals surface area (Å²) < 4.78 is 0. The van der Waals surface area contributed by atoms with Crippen molar-refractivity contribution in [3.8, 4) is 0 Å². The van der Waals surface area contributed by atoms with Crippen molar-refractivity contribution in [1.82, 2.24) is 20.4 Å². The third-order valence-corrected chi connectivity index (χ3v) is 4.75. The number of likely N-dealkylation sites (tertiary alicyclic amines) is 1. The van der Waals surface area contributed by atoms with Gasteiger partial charge in [-0.05, 0) is 45.8 Å². The Labute approximate surface area is 160 Å². The third kappa shape index (κ3) is 8.03. The van der Waals surface area contributed by atoms with Crippen LogP contribution in [-0.4, -0.2) is 74.2 Å². The first-order chi connectivity index (χ1) is 10.5. The molecule has 5 nitrogen and oxygen atoms in total. The van der Waals surface area contributed by atoms with Gasteiger partial charge in [-0.15, -0.1) is 24.0 Å². The topological polar surface area (TPSA) is 42.9 Å². The van der Waals surface area contributed by atoms with Gasteiger partial charge in [0.2, 0.25) is 0 Å². The highest BCUT2D eigenvalue weighted by atomic mass is 127. The molecule has 0 spiro atoms. The first kappa shape index (κ1) is 22.9. The number of nitrogens with zero attached hydrogens (tertiary/aromatic N) is 3. The number of halogens is 1.